The molecule has 2 aromatic heterocycles. The quantitative estimate of drug-likeness (QED) is 0.502. The number of sulfonamides is 1. The third kappa shape index (κ3) is 4.55. The number of H-pyrrole nitrogens is 1. The molecule has 1 unspecified atom stereocenters. The number of carbonyl (C=O) groups excluding carboxylic acids is 2. The van der Waals surface area contributed by atoms with Gasteiger partial charge in [0, 0.05) is 25.1 Å². The molecular formula is C22H24N4O6S. The van der Waals surface area contributed by atoms with Gasteiger partial charge in [-0.1, -0.05) is 18.2 Å². The summed E-state index contributed by atoms with van der Waals surface area (Å²) < 4.78 is 38.5. The minimum absolute atomic E-state index is 0.0295. The van der Waals surface area contributed by atoms with Gasteiger partial charge in [-0.05, 0) is 31.5 Å². The summed E-state index contributed by atoms with van der Waals surface area (Å²) in [7, 11) is -4.37. The van der Waals surface area contributed by atoms with Gasteiger partial charge in [0.15, 0.2) is 6.10 Å². The van der Waals surface area contributed by atoms with E-state index in [0.717, 1.165) is 13.3 Å². The molecule has 11 heteroatoms. The van der Waals surface area contributed by atoms with Crippen molar-refractivity contribution < 1.29 is 27.5 Å². The second kappa shape index (κ2) is 9.20. The van der Waals surface area contributed by atoms with E-state index in [4.69, 9.17) is 9.47 Å². The number of hydrogen-bond donors (Lipinski definition) is 2. The van der Waals surface area contributed by atoms with Crippen LogP contribution in [0.15, 0.2) is 53.7 Å². The van der Waals surface area contributed by atoms with E-state index >= 15 is 0 Å². The van der Waals surface area contributed by atoms with Crippen molar-refractivity contribution in [1.82, 2.24) is 9.97 Å². The van der Waals surface area contributed by atoms with Crippen molar-refractivity contribution in [3.05, 3.63) is 48.8 Å². The summed E-state index contributed by atoms with van der Waals surface area (Å²) in [5.41, 5.74) is 0.971. The van der Waals surface area contributed by atoms with Crippen molar-refractivity contribution in [3.63, 3.8) is 0 Å². The van der Waals surface area contributed by atoms with Crippen LogP contribution in [0.4, 0.5) is 11.4 Å². The molecule has 0 aliphatic carbocycles. The number of fused-ring (bicyclic) bond motifs is 1. The summed E-state index contributed by atoms with van der Waals surface area (Å²) >= 11 is 0. The molecule has 0 radical (unpaired) electrons. The molecule has 1 fully saturated rings. The Hall–Kier alpha value is -3.44. The molecule has 1 aromatic carbocycles. The second-order valence-electron chi connectivity index (χ2n) is 7.64. The van der Waals surface area contributed by atoms with Gasteiger partial charge in [0.1, 0.15) is 11.3 Å². The lowest BCUT2D eigenvalue weighted by atomic mass is 10.2. The van der Waals surface area contributed by atoms with E-state index in [-0.39, 0.29) is 16.6 Å². The van der Waals surface area contributed by atoms with Crippen LogP contribution >= 0.6 is 0 Å². The Balaban J connectivity index is 1.90. The number of carbonyl (C=O) groups is 2. The number of aromatic nitrogens is 2. The summed E-state index contributed by atoms with van der Waals surface area (Å²) in [6.45, 7) is 3.50. The predicted octanol–water partition coefficient (Wildman–Crippen LogP) is 2.44. The maximum Gasteiger partial charge on any atom is 0.303 e. The number of nitrogens with one attached hydrogen (secondary N) is 2. The van der Waals surface area contributed by atoms with Crippen molar-refractivity contribution in [3.8, 4) is 0 Å². The minimum atomic E-state index is -4.37. The zero-order valence-electron chi connectivity index (χ0n) is 18.1. The molecule has 174 valence electrons. The number of hydrogen-bond acceptors (Lipinski definition) is 8. The Morgan fingerprint density at radius 2 is 2.03 bits per heavy atom. The monoisotopic (exact) mass is 472 g/mol. The Morgan fingerprint density at radius 3 is 2.70 bits per heavy atom. The van der Waals surface area contributed by atoms with E-state index in [1.165, 1.54) is 25.3 Å². The summed E-state index contributed by atoms with van der Waals surface area (Å²) in [5, 5.41) is 3.94. The van der Waals surface area contributed by atoms with Gasteiger partial charge < -0.3 is 19.8 Å². The summed E-state index contributed by atoms with van der Waals surface area (Å²) in [5.74, 6) is -1.62. The maximum atomic E-state index is 13.7. The number of ether oxygens (including phenoxy) is 2. The Labute approximate surface area is 190 Å². The third-order valence-corrected chi connectivity index (χ3v) is 6.96. The molecule has 4 rings (SSSR count). The van der Waals surface area contributed by atoms with E-state index in [9.17, 15) is 18.0 Å². The summed E-state index contributed by atoms with van der Waals surface area (Å²) in [4.78, 5) is 32.2. The van der Waals surface area contributed by atoms with Crippen LogP contribution in [0.25, 0.3) is 11.0 Å². The fourth-order valence-corrected chi connectivity index (χ4v) is 5.18. The number of esters is 1. The number of anilines is 2. The van der Waals surface area contributed by atoms with Gasteiger partial charge in [-0.2, -0.15) is 4.31 Å². The number of nitrogens with zero attached hydrogens (tertiary/aromatic N) is 2. The average molecular weight is 473 g/mol. The molecule has 3 heterocycles. The molecule has 1 amide bonds. The first kappa shape index (κ1) is 22.7. The van der Waals surface area contributed by atoms with Gasteiger partial charge in [-0.3, -0.25) is 9.59 Å². The predicted molar refractivity (Wildman–Crippen MR) is 121 cm³/mol. The van der Waals surface area contributed by atoms with Gasteiger partial charge in [0.25, 0.3) is 15.9 Å². The lowest BCUT2D eigenvalue weighted by Crippen LogP contribution is -2.44. The minimum Gasteiger partial charge on any atom is -0.453 e. The zero-order valence-corrected chi connectivity index (χ0v) is 19.0. The highest BCUT2D eigenvalue weighted by Crippen LogP contribution is 2.37. The molecule has 0 spiro atoms. The van der Waals surface area contributed by atoms with Crippen LogP contribution in [0.1, 0.15) is 20.3 Å². The molecule has 1 aliphatic heterocycles. The van der Waals surface area contributed by atoms with Gasteiger partial charge in [0.05, 0.1) is 29.4 Å². The molecule has 1 saturated heterocycles. The van der Waals surface area contributed by atoms with Crippen LogP contribution in [0, 0.1) is 0 Å². The highest BCUT2D eigenvalue weighted by atomic mass is 32.2. The van der Waals surface area contributed by atoms with Crippen LogP contribution < -0.4 is 9.62 Å². The lowest BCUT2D eigenvalue weighted by Gasteiger charge is -2.28. The average Bonchev–Trinajstić information content (AvgIpc) is 3.47. The zero-order chi connectivity index (χ0) is 23.6. The topological polar surface area (TPSA) is 131 Å². The molecular weight excluding hydrogens is 448 g/mol. The highest BCUT2D eigenvalue weighted by Gasteiger charge is 2.37. The van der Waals surface area contributed by atoms with Crippen molar-refractivity contribution in [2.24, 2.45) is 0 Å². The molecule has 2 N–H and O–H groups in total. The normalized spacial score (nSPS) is 17.0. The van der Waals surface area contributed by atoms with Gasteiger partial charge in [-0.15, -0.1) is 0 Å². The maximum absolute atomic E-state index is 13.7. The Morgan fingerprint density at radius 1 is 1.27 bits per heavy atom. The van der Waals surface area contributed by atoms with E-state index in [0.29, 0.717) is 34.2 Å². The number of benzene rings is 1. The number of pyridine rings is 1. The Bertz CT molecular complexity index is 1270. The highest BCUT2D eigenvalue weighted by molar-refractivity contribution is 7.93. The fraction of sp³-hybridized carbons (Fsp3) is 0.318. The Kier molecular flexibility index (Phi) is 6.34. The fourth-order valence-electron chi connectivity index (χ4n) is 3.68. The van der Waals surface area contributed by atoms with Gasteiger partial charge in [-0.25, -0.2) is 13.4 Å². The van der Waals surface area contributed by atoms with Crippen LogP contribution in [0.3, 0.4) is 0 Å². The number of rotatable bonds is 7. The van der Waals surface area contributed by atoms with E-state index in [1.807, 2.05) is 0 Å². The van der Waals surface area contributed by atoms with Crippen molar-refractivity contribution in [2.75, 3.05) is 22.8 Å². The van der Waals surface area contributed by atoms with E-state index in [1.54, 1.807) is 30.5 Å². The summed E-state index contributed by atoms with van der Waals surface area (Å²) in [6, 6.07) is 9.26. The van der Waals surface area contributed by atoms with Crippen LogP contribution in [-0.4, -0.2) is 55.6 Å². The first-order valence-electron chi connectivity index (χ1n) is 10.4. The first-order valence-corrected chi connectivity index (χ1v) is 11.8. The standard InChI is InChI=1S/C22H24N4O6S/c1-14(32-15(2)27)22(28)26(33(29,30)17-6-4-3-5-7-17)19-12-24-21-18(8-10-23-21)20(19)25-16-9-11-31-13-16/h3-8,10,12,14,16H,9,11,13H2,1-2H3,(H2,23,24,25)/t14-,16?/m1/s1. The van der Waals surface area contributed by atoms with Crippen LogP contribution in [-0.2, 0) is 29.1 Å². The SMILES string of the molecule is CC(=O)O[C@H](C)C(=O)N(c1cnc2[nH]ccc2c1NC1CCOC1)S(=O)(=O)c1ccccc1. The van der Waals surface area contributed by atoms with Crippen LogP contribution in [0.5, 0.6) is 0 Å². The molecule has 1 aliphatic rings. The van der Waals surface area contributed by atoms with Gasteiger partial charge >= 0.3 is 5.97 Å². The smallest absolute Gasteiger partial charge is 0.303 e. The largest absolute Gasteiger partial charge is 0.453 e. The van der Waals surface area contributed by atoms with Crippen molar-refractivity contribution in [1.29, 1.82) is 0 Å². The van der Waals surface area contributed by atoms with Crippen molar-refractivity contribution >= 4 is 44.3 Å². The summed E-state index contributed by atoms with van der Waals surface area (Å²) in [6.07, 6.45) is 2.37. The van der Waals surface area contributed by atoms with Gasteiger partial charge in [0.2, 0.25) is 0 Å². The molecule has 3 aromatic rings. The van der Waals surface area contributed by atoms with E-state index < -0.39 is 28.0 Å². The van der Waals surface area contributed by atoms with Crippen LogP contribution in [0.2, 0.25) is 0 Å². The van der Waals surface area contributed by atoms with Crippen molar-refractivity contribution in [2.45, 2.75) is 37.3 Å². The molecule has 0 saturated carbocycles. The number of aromatic amines is 1. The first-order chi connectivity index (χ1) is 15.8. The number of amides is 1. The van der Waals surface area contributed by atoms with E-state index in [2.05, 4.69) is 15.3 Å². The molecule has 2 atom stereocenters. The molecule has 10 nitrogen and oxygen atoms in total. The molecule has 0 bridgehead atoms. The second-order valence-corrected chi connectivity index (χ2v) is 9.42. The molecule has 33 heavy (non-hydrogen) atoms. The third-order valence-electron chi connectivity index (χ3n) is 5.24. The lowest BCUT2D eigenvalue weighted by molar-refractivity contribution is -0.151.